The normalized spacial score (nSPS) is 29.2. The van der Waals surface area contributed by atoms with Gasteiger partial charge in [0.2, 0.25) is 11.8 Å². The van der Waals surface area contributed by atoms with Gasteiger partial charge in [0.1, 0.15) is 0 Å². The minimum Gasteiger partial charge on any atom is -0.370 e. The van der Waals surface area contributed by atoms with E-state index >= 15 is 0 Å². The SMILES string of the molecule is NC(=O)CCCCNC(=O)CC1CC2CCC(C1)N2. The van der Waals surface area contributed by atoms with Crippen molar-refractivity contribution in [1.29, 1.82) is 0 Å². The van der Waals surface area contributed by atoms with Gasteiger partial charge in [0.15, 0.2) is 0 Å². The summed E-state index contributed by atoms with van der Waals surface area (Å²) in [5, 5.41) is 6.53. The van der Waals surface area contributed by atoms with E-state index in [1.165, 1.54) is 12.8 Å². The van der Waals surface area contributed by atoms with Crippen LogP contribution in [0.4, 0.5) is 0 Å². The number of carbonyl (C=O) groups is 2. The Balaban J connectivity index is 1.56. The van der Waals surface area contributed by atoms with Crippen LogP contribution >= 0.6 is 0 Å². The Kier molecular flexibility index (Phi) is 5.19. The Morgan fingerprint density at radius 2 is 1.84 bits per heavy atom. The van der Waals surface area contributed by atoms with Crippen molar-refractivity contribution in [3.05, 3.63) is 0 Å². The highest BCUT2D eigenvalue weighted by atomic mass is 16.1. The third kappa shape index (κ3) is 4.82. The average molecular weight is 267 g/mol. The van der Waals surface area contributed by atoms with Crippen LogP contribution in [0.25, 0.3) is 0 Å². The highest BCUT2D eigenvalue weighted by molar-refractivity contribution is 5.76. The predicted molar refractivity (Wildman–Crippen MR) is 73.3 cm³/mol. The molecule has 4 N–H and O–H groups in total. The molecule has 2 fully saturated rings. The lowest BCUT2D eigenvalue weighted by atomic mass is 9.89. The molecule has 2 aliphatic rings. The number of hydrogen-bond donors (Lipinski definition) is 3. The molecule has 0 radical (unpaired) electrons. The molecule has 2 bridgehead atoms. The number of amides is 2. The smallest absolute Gasteiger partial charge is 0.220 e. The van der Waals surface area contributed by atoms with Crippen molar-refractivity contribution in [3.8, 4) is 0 Å². The Bertz CT molecular complexity index is 321. The van der Waals surface area contributed by atoms with Crippen LogP contribution in [0.5, 0.6) is 0 Å². The lowest BCUT2D eigenvalue weighted by molar-refractivity contribution is -0.122. The number of unbranched alkanes of at least 4 members (excludes halogenated alkanes) is 1. The van der Waals surface area contributed by atoms with E-state index in [1.54, 1.807) is 0 Å². The van der Waals surface area contributed by atoms with Crippen LogP contribution in [0.15, 0.2) is 0 Å². The fourth-order valence-corrected chi connectivity index (χ4v) is 3.33. The molecule has 19 heavy (non-hydrogen) atoms. The molecule has 5 heteroatoms. The maximum absolute atomic E-state index is 11.8. The van der Waals surface area contributed by atoms with Crippen LogP contribution in [0, 0.1) is 5.92 Å². The molecule has 0 aromatic heterocycles. The molecule has 2 aliphatic heterocycles. The summed E-state index contributed by atoms with van der Waals surface area (Å²) in [4.78, 5) is 22.4. The summed E-state index contributed by atoms with van der Waals surface area (Å²) in [5.74, 6) is 0.436. The van der Waals surface area contributed by atoms with E-state index < -0.39 is 0 Å². The summed E-state index contributed by atoms with van der Waals surface area (Å²) in [6, 6.07) is 1.29. The second kappa shape index (κ2) is 6.89. The van der Waals surface area contributed by atoms with Gasteiger partial charge in [-0.1, -0.05) is 0 Å². The highest BCUT2D eigenvalue weighted by Gasteiger charge is 2.33. The van der Waals surface area contributed by atoms with Gasteiger partial charge >= 0.3 is 0 Å². The fourth-order valence-electron chi connectivity index (χ4n) is 3.33. The standard InChI is InChI=1S/C14H25N3O2/c15-13(18)3-1-2-6-16-14(19)9-10-7-11-4-5-12(8-10)17-11/h10-12,17H,1-9H2,(H2,15,18)(H,16,19). The van der Waals surface area contributed by atoms with Gasteiger partial charge in [-0.2, -0.15) is 0 Å². The first-order chi connectivity index (χ1) is 9.13. The van der Waals surface area contributed by atoms with Gasteiger partial charge in [-0.05, 0) is 44.4 Å². The topological polar surface area (TPSA) is 84.2 Å². The van der Waals surface area contributed by atoms with E-state index in [1.807, 2.05) is 0 Å². The molecule has 0 aromatic carbocycles. The van der Waals surface area contributed by atoms with Crippen molar-refractivity contribution in [2.75, 3.05) is 6.54 Å². The van der Waals surface area contributed by atoms with Crippen molar-refractivity contribution in [2.24, 2.45) is 11.7 Å². The second-order valence-electron chi connectivity index (χ2n) is 5.95. The summed E-state index contributed by atoms with van der Waals surface area (Å²) >= 11 is 0. The van der Waals surface area contributed by atoms with Crippen LogP contribution in [-0.4, -0.2) is 30.4 Å². The van der Waals surface area contributed by atoms with Crippen LogP contribution in [0.1, 0.15) is 51.4 Å². The zero-order valence-electron chi connectivity index (χ0n) is 11.5. The number of primary amides is 1. The molecule has 0 spiro atoms. The number of nitrogens with one attached hydrogen (secondary N) is 2. The van der Waals surface area contributed by atoms with E-state index in [0.717, 1.165) is 25.7 Å². The summed E-state index contributed by atoms with van der Waals surface area (Å²) in [7, 11) is 0. The van der Waals surface area contributed by atoms with E-state index in [4.69, 9.17) is 5.73 Å². The van der Waals surface area contributed by atoms with Crippen molar-refractivity contribution >= 4 is 11.8 Å². The molecule has 108 valence electrons. The lowest BCUT2D eigenvalue weighted by Crippen LogP contribution is -2.39. The van der Waals surface area contributed by atoms with Crippen molar-refractivity contribution in [1.82, 2.24) is 10.6 Å². The molecule has 0 aromatic rings. The minimum atomic E-state index is -0.267. The first kappa shape index (κ1) is 14.3. The number of carbonyl (C=O) groups excluding carboxylic acids is 2. The number of piperidine rings is 1. The van der Waals surface area contributed by atoms with Gasteiger partial charge in [0.25, 0.3) is 0 Å². The molecule has 0 saturated carbocycles. The first-order valence-electron chi connectivity index (χ1n) is 7.44. The molecule has 2 amide bonds. The Hall–Kier alpha value is -1.10. The Morgan fingerprint density at radius 3 is 2.47 bits per heavy atom. The summed E-state index contributed by atoms with van der Waals surface area (Å²) in [6.45, 7) is 0.657. The molecule has 0 aliphatic carbocycles. The van der Waals surface area contributed by atoms with E-state index in [2.05, 4.69) is 10.6 Å². The van der Waals surface area contributed by atoms with Crippen LogP contribution in [0.3, 0.4) is 0 Å². The first-order valence-corrected chi connectivity index (χ1v) is 7.44. The summed E-state index contributed by atoms with van der Waals surface area (Å²) in [5.41, 5.74) is 5.06. The third-order valence-corrected chi connectivity index (χ3v) is 4.22. The minimum absolute atomic E-state index is 0.158. The Morgan fingerprint density at radius 1 is 1.16 bits per heavy atom. The monoisotopic (exact) mass is 267 g/mol. The largest absolute Gasteiger partial charge is 0.370 e. The van der Waals surface area contributed by atoms with Gasteiger partial charge in [-0.3, -0.25) is 9.59 Å². The van der Waals surface area contributed by atoms with Crippen LogP contribution in [-0.2, 0) is 9.59 Å². The third-order valence-electron chi connectivity index (χ3n) is 4.22. The van der Waals surface area contributed by atoms with Crippen molar-refractivity contribution in [2.45, 2.75) is 63.5 Å². The van der Waals surface area contributed by atoms with Crippen LogP contribution in [0.2, 0.25) is 0 Å². The number of rotatable bonds is 7. The molecule has 2 heterocycles. The van der Waals surface area contributed by atoms with Gasteiger partial charge in [0.05, 0.1) is 0 Å². The zero-order chi connectivity index (χ0) is 13.7. The zero-order valence-corrected chi connectivity index (χ0v) is 11.5. The molecule has 2 atom stereocenters. The van der Waals surface area contributed by atoms with Gasteiger partial charge < -0.3 is 16.4 Å². The van der Waals surface area contributed by atoms with Gasteiger partial charge in [-0.15, -0.1) is 0 Å². The average Bonchev–Trinajstić information content (AvgIpc) is 2.68. The molecule has 2 unspecified atom stereocenters. The quantitative estimate of drug-likeness (QED) is 0.593. The van der Waals surface area contributed by atoms with Gasteiger partial charge in [-0.25, -0.2) is 0 Å². The molecule has 2 rings (SSSR count). The van der Waals surface area contributed by atoms with E-state index in [0.29, 0.717) is 37.4 Å². The molecular formula is C14H25N3O2. The van der Waals surface area contributed by atoms with E-state index in [9.17, 15) is 9.59 Å². The molecule has 5 nitrogen and oxygen atoms in total. The van der Waals surface area contributed by atoms with Crippen molar-refractivity contribution < 1.29 is 9.59 Å². The highest BCUT2D eigenvalue weighted by Crippen LogP contribution is 2.32. The second-order valence-corrected chi connectivity index (χ2v) is 5.95. The maximum Gasteiger partial charge on any atom is 0.220 e. The Labute approximate surface area is 114 Å². The fraction of sp³-hybridized carbons (Fsp3) is 0.857. The lowest BCUT2D eigenvalue weighted by Gasteiger charge is -2.28. The van der Waals surface area contributed by atoms with Gasteiger partial charge in [0, 0.05) is 31.5 Å². The van der Waals surface area contributed by atoms with Crippen LogP contribution < -0.4 is 16.4 Å². The molecule has 2 saturated heterocycles. The summed E-state index contributed by atoms with van der Waals surface area (Å²) < 4.78 is 0. The number of hydrogen-bond acceptors (Lipinski definition) is 3. The van der Waals surface area contributed by atoms with E-state index in [-0.39, 0.29) is 11.8 Å². The number of fused-ring (bicyclic) bond motifs is 2. The maximum atomic E-state index is 11.8. The summed E-state index contributed by atoms with van der Waals surface area (Å²) in [6.07, 6.45) is 7.49. The van der Waals surface area contributed by atoms with Crippen molar-refractivity contribution in [3.63, 3.8) is 0 Å². The number of nitrogens with two attached hydrogens (primary N) is 1. The molecular weight excluding hydrogens is 242 g/mol. The predicted octanol–water partition coefficient (Wildman–Crippen LogP) is 0.679.